The Bertz CT molecular complexity index is 219. The van der Waals surface area contributed by atoms with E-state index >= 15 is 0 Å². The summed E-state index contributed by atoms with van der Waals surface area (Å²) in [6.07, 6.45) is 15.6. The van der Waals surface area contributed by atoms with E-state index < -0.39 is 0 Å². The molecule has 0 aromatic carbocycles. The summed E-state index contributed by atoms with van der Waals surface area (Å²) in [5.41, 5.74) is 0. The van der Waals surface area contributed by atoms with E-state index in [9.17, 15) is 4.79 Å². The Balaban J connectivity index is 1.81. The molecule has 1 fully saturated rings. The zero-order chi connectivity index (χ0) is 13.8. The molecule has 0 amide bonds. The van der Waals surface area contributed by atoms with Crippen LogP contribution in [0.1, 0.15) is 90.4 Å². The minimum absolute atomic E-state index is 0.377. The van der Waals surface area contributed by atoms with Crippen molar-refractivity contribution in [2.75, 3.05) is 6.61 Å². The second-order valence-corrected chi connectivity index (χ2v) is 5.94. The fourth-order valence-corrected chi connectivity index (χ4v) is 2.78. The van der Waals surface area contributed by atoms with Crippen molar-refractivity contribution in [2.24, 2.45) is 0 Å². The maximum absolute atomic E-state index is 11.7. The number of carbonyl (C=O) groups excluding carboxylic acids is 1. The lowest BCUT2D eigenvalue weighted by Gasteiger charge is -2.08. The predicted octanol–water partition coefficient (Wildman–Crippen LogP) is 5.05. The third-order valence-electron chi connectivity index (χ3n) is 4.08. The van der Waals surface area contributed by atoms with Gasteiger partial charge >= 0.3 is 0 Å². The molecule has 0 aromatic heterocycles. The summed E-state index contributed by atoms with van der Waals surface area (Å²) in [5.74, 6) is 0.446. The summed E-state index contributed by atoms with van der Waals surface area (Å²) in [5, 5.41) is 0. The van der Waals surface area contributed by atoms with Crippen LogP contribution in [0.4, 0.5) is 0 Å². The summed E-state index contributed by atoms with van der Waals surface area (Å²) in [4.78, 5) is 11.7. The molecule has 19 heavy (non-hydrogen) atoms. The molecule has 1 unspecified atom stereocenters. The lowest BCUT2D eigenvalue weighted by atomic mass is 10.0. The summed E-state index contributed by atoms with van der Waals surface area (Å²) >= 11 is 0. The number of unbranched alkanes of at least 4 members (excludes halogenated alkanes) is 7. The largest absolute Gasteiger partial charge is 0.378 e. The summed E-state index contributed by atoms with van der Waals surface area (Å²) in [7, 11) is 0. The van der Waals surface area contributed by atoms with Crippen LogP contribution in [0.3, 0.4) is 0 Å². The highest BCUT2D eigenvalue weighted by Gasteiger charge is 2.16. The quantitative estimate of drug-likeness (QED) is 0.463. The number of hydrogen-bond donors (Lipinski definition) is 0. The molecule has 1 atom stereocenters. The Labute approximate surface area is 119 Å². The van der Waals surface area contributed by atoms with E-state index in [4.69, 9.17) is 4.74 Å². The van der Waals surface area contributed by atoms with Crippen molar-refractivity contribution in [1.82, 2.24) is 0 Å². The van der Waals surface area contributed by atoms with Gasteiger partial charge in [0.2, 0.25) is 0 Å². The van der Waals surface area contributed by atoms with Crippen molar-refractivity contribution >= 4 is 5.78 Å². The van der Waals surface area contributed by atoms with E-state index in [1.165, 1.54) is 51.4 Å². The van der Waals surface area contributed by atoms with Gasteiger partial charge < -0.3 is 4.74 Å². The van der Waals surface area contributed by atoms with Crippen LogP contribution in [0.5, 0.6) is 0 Å². The van der Waals surface area contributed by atoms with Crippen molar-refractivity contribution < 1.29 is 9.53 Å². The smallest absolute Gasteiger partial charge is 0.133 e. The normalized spacial score (nSPS) is 18.9. The lowest BCUT2D eigenvalue weighted by molar-refractivity contribution is -0.119. The van der Waals surface area contributed by atoms with Crippen molar-refractivity contribution in [3.8, 4) is 0 Å². The van der Waals surface area contributed by atoms with Gasteiger partial charge in [0.05, 0.1) is 6.10 Å². The standard InChI is InChI=1S/C17H32O2/c1-2-3-4-5-6-7-8-9-11-16(18)13-14-17-12-10-15-19-17/h17H,2-15H2,1H3. The fraction of sp³-hybridized carbons (Fsp3) is 0.941. The Morgan fingerprint density at radius 2 is 1.68 bits per heavy atom. The van der Waals surface area contributed by atoms with Gasteiger partial charge in [0.25, 0.3) is 0 Å². The topological polar surface area (TPSA) is 26.3 Å². The minimum Gasteiger partial charge on any atom is -0.378 e. The SMILES string of the molecule is CCCCCCCCCCC(=O)CCC1CCCO1. The van der Waals surface area contributed by atoms with Crippen LogP contribution >= 0.6 is 0 Å². The number of carbonyl (C=O) groups is 1. The molecule has 0 aliphatic carbocycles. The van der Waals surface area contributed by atoms with E-state index in [0.717, 1.165) is 38.7 Å². The maximum Gasteiger partial charge on any atom is 0.133 e. The van der Waals surface area contributed by atoms with Gasteiger partial charge in [-0.15, -0.1) is 0 Å². The number of ether oxygens (including phenoxy) is 1. The van der Waals surface area contributed by atoms with Crippen LogP contribution in [-0.2, 0) is 9.53 Å². The third kappa shape index (κ3) is 9.21. The first-order chi connectivity index (χ1) is 9.33. The van der Waals surface area contributed by atoms with Crippen LogP contribution in [0.25, 0.3) is 0 Å². The molecular formula is C17H32O2. The van der Waals surface area contributed by atoms with Gasteiger partial charge in [-0.1, -0.05) is 51.9 Å². The molecule has 1 saturated heterocycles. The molecule has 0 N–H and O–H groups in total. The molecule has 0 saturated carbocycles. The van der Waals surface area contributed by atoms with E-state index in [2.05, 4.69) is 6.92 Å². The van der Waals surface area contributed by atoms with E-state index in [1.807, 2.05) is 0 Å². The highest BCUT2D eigenvalue weighted by Crippen LogP contribution is 2.18. The second-order valence-electron chi connectivity index (χ2n) is 5.94. The highest BCUT2D eigenvalue weighted by atomic mass is 16.5. The summed E-state index contributed by atoms with van der Waals surface area (Å²) < 4.78 is 5.54. The van der Waals surface area contributed by atoms with Gasteiger partial charge in [-0.2, -0.15) is 0 Å². The maximum atomic E-state index is 11.7. The van der Waals surface area contributed by atoms with Crippen molar-refractivity contribution in [1.29, 1.82) is 0 Å². The first kappa shape index (κ1) is 16.7. The second kappa shape index (κ2) is 11.5. The molecule has 2 nitrogen and oxygen atoms in total. The van der Waals surface area contributed by atoms with Crippen LogP contribution in [0, 0.1) is 0 Å². The lowest BCUT2D eigenvalue weighted by Crippen LogP contribution is -2.08. The van der Waals surface area contributed by atoms with Gasteiger partial charge in [-0.05, 0) is 25.7 Å². The number of ketones is 1. The van der Waals surface area contributed by atoms with Gasteiger partial charge in [-0.25, -0.2) is 0 Å². The monoisotopic (exact) mass is 268 g/mol. The molecule has 1 rings (SSSR count). The zero-order valence-corrected chi connectivity index (χ0v) is 12.8. The first-order valence-corrected chi connectivity index (χ1v) is 8.46. The van der Waals surface area contributed by atoms with Gasteiger partial charge in [0.1, 0.15) is 5.78 Å². The molecule has 1 aliphatic rings. The first-order valence-electron chi connectivity index (χ1n) is 8.46. The molecule has 0 radical (unpaired) electrons. The van der Waals surface area contributed by atoms with E-state index in [1.54, 1.807) is 0 Å². The van der Waals surface area contributed by atoms with Crippen LogP contribution in [0.15, 0.2) is 0 Å². The minimum atomic E-state index is 0.377. The average Bonchev–Trinajstić information content (AvgIpc) is 2.93. The molecular weight excluding hydrogens is 236 g/mol. The number of hydrogen-bond acceptors (Lipinski definition) is 2. The van der Waals surface area contributed by atoms with Crippen LogP contribution in [-0.4, -0.2) is 18.5 Å². The molecule has 0 bridgehead atoms. The van der Waals surface area contributed by atoms with Gasteiger partial charge in [0.15, 0.2) is 0 Å². The Hall–Kier alpha value is -0.370. The molecule has 2 heteroatoms. The van der Waals surface area contributed by atoms with Gasteiger partial charge in [-0.3, -0.25) is 4.79 Å². The van der Waals surface area contributed by atoms with Crippen LogP contribution in [0.2, 0.25) is 0 Å². The van der Waals surface area contributed by atoms with Crippen molar-refractivity contribution in [2.45, 2.75) is 96.5 Å². The number of rotatable bonds is 12. The molecule has 0 aromatic rings. The molecule has 112 valence electrons. The predicted molar refractivity (Wildman–Crippen MR) is 80.4 cm³/mol. The third-order valence-corrected chi connectivity index (χ3v) is 4.08. The van der Waals surface area contributed by atoms with E-state index in [-0.39, 0.29) is 0 Å². The van der Waals surface area contributed by atoms with Crippen molar-refractivity contribution in [3.63, 3.8) is 0 Å². The van der Waals surface area contributed by atoms with Gasteiger partial charge in [0, 0.05) is 19.4 Å². The van der Waals surface area contributed by atoms with E-state index in [0.29, 0.717) is 11.9 Å². The van der Waals surface area contributed by atoms with Crippen LogP contribution < -0.4 is 0 Å². The highest BCUT2D eigenvalue weighted by molar-refractivity contribution is 5.78. The van der Waals surface area contributed by atoms with Crippen molar-refractivity contribution in [3.05, 3.63) is 0 Å². The average molecular weight is 268 g/mol. The zero-order valence-electron chi connectivity index (χ0n) is 12.8. The molecule has 0 spiro atoms. The Morgan fingerprint density at radius 3 is 2.32 bits per heavy atom. The summed E-state index contributed by atoms with van der Waals surface area (Å²) in [6, 6.07) is 0. The summed E-state index contributed by atoms with van der Waals surface area (Å²) in [6.45, 7) is 3.15. The fourth-order valence-electron chi connectivity index (χ4n) is 2.78. The molecule has 1 aliphatic heterocycles. The Morgan fingerprint density at radius 1 is 1.00 bits per heavy atom. The number of Topliss-reactive ketones (excluding diaryl/α,β-unsaturated/α-hetero) is 1. The molecule has 1 heterocycles. The Kier molecular flexibility index (Phi) is 10.1.